The van der Waals surface area contributed by atoms with E-state index in [0.717, 1.165) is 16.7 Å². The molecule has 0 aliphatic rings. The second-order valence-electron chi connectivity index (χ2n) is 9.01. The third kappa shape index (κ3) is 6.16. The summed E-state index contributed by atoms with van der Waals surface area (Å²) in [5.74, 6) is 0.288. The zero-order valence-electron chi connectivity index (χ0n) is 19.9. The predicted octanol–water partition coefficient (Wildman–Crippen LogP) is 7.23. The highest BCUT2D eigenvalue weighted by Gasteiger charge is 2.28. The van der Waals surface area contributed by atoms with Gasteiger partial charge in [0.05, 0.1) is 16.4 Å². The SMILES string of the molecule is C=CC[C@H](OC(=O)c1c(C(C)C)cc(C(C)C)cc1C(C)C)[S@](=O)c1ccc(C)cc1. The summed E-state index contributed by atoms with van der Waals surface area (Å²) in [6, 6.07) is 11.7. The molecule has 0 aromatic heterocycles. The summed E-state index contributed by atoms with van der Waals surface area (Å²) in [4.78, 5) is 14.1. The minimum atomic E-state index is -1.48. The van der Waals surface area contributed by atoms with Crippen LogP contribution in [0.5, 0.6) is 0 Å². The molecule has 0 bridgehead atoms. The molecule has 0 spiro atoms. The Morgan fingerprint density at radius 2 is 1.48 bits per heavy atom. The van der Waals surface area contributed by atoms with Gasteiger partial charge in [0.25, 0.3) is 0 Å². The molecule has 0 unspecified atom stereocenters. The summed E-state index contributed by atoms with van der Waals surface area (Å²) in [5, 5.41) is 0. The Morgan fingerprint density at radius 3 is 1.90 bits per heavy atom. The summed E-state index contributed by atoms with van der Waals surface area (Å²) in [7, 11) is -1.48. The van der Waals surface area contributed by atoms with Crippen LogP contribution in [0, 0.1) is 6.92 Å². The Labute approximate surface area is 190 Å². The number of rotatable bonds is 9. The van der Waals surface area contributed by atoms with E-state index in [-0.39, 0.29) is 11.8 Å². The molecule has 2 aromatic rings. The summed E-state index contributed by atoms with van der Waals surface area (Å²) in [6.45, 7) is 18.4. The van der Waals surface area contributed by atoms with Gasteiger partial charge in [-0.3, -0.25) is 4.21 Å². The first-order valence-corrected chi connectivity index (χ1v) is 12.2. The van der Waals surface area contributed by atoms with Crippen LogP contribution in [-0.4, -0.2) is 15.6 Å². The van der Waals surface area contributed by atoms with Gasteiger partial charge in [-0.1, -0.05) is 77.4 Å². The Hall–Kier alpha value is -2.20. The minimum Gasteiger partial charge on any atom is -0.444 e. The number of ether oxygens (including phenoxy) is 1. The zero-order valence-corrected chi connectivity index (χ0v) is 20.7. The second kappa shape index (κ2) is 10.9. The Bertz CT molecular complexity index is 910. The average molecular weight is 441 g/mol. The Balaban J connectivity index is 2.48. The molecule has 0 radical (unpaired) electrons. The molecule has 0 amide bonds. The summed E-state index contributed by atoms with van der Waals surface area (Å²) < 4.78 is 19.1. The van der Waals surface area contributed by atoms with Crippen molar-refractivity contribution in [3.63, 3.8) is 0 Å². The molecule has 3 nitrogen and oxygen atoms in total. The van der Waals surface area contributed by atoms with Crippen LogP contribution in [0.3, 0.4) is 0 Å². The van der Waals surface area contributed by atoms with Gasteiger partial charge < -0.3 is 4.74 Å². The van der Waals surface area contributed by atoms with Gasteiger partial charge >= 0.3 is 5.97 Å². The Kier molecular flexibility index (Phi) is 8.81. The van der Waals surface area contributed by atoms with E-state index < -0.39 is 22.2 Å². The van der Waals surface area contributed by atoms with Crippen LogP contribution >= 0.6 is 0 Å². The summed E-state index contributed by atoms with van der Waals surface area (Å²) in [6.07, 6.45) is 1.98. The fourth-order valence-electron chi connectivity index (χ4n) is 3.51. The normalized spacial score (nSPS) is 13.5. The highest BCUT2D eigenvalue weighted by Crippen LogP contribution is 2.33. The monoisotopic (exact) mass is 440 g/mol. The number of esters is 1. The summed E-state index contributed by atoms with van der Waals surface area (Å²) >= 11 is 0. The molecule has 0 aliphatic carbocycles. The first kappa shape index (κ1) is 25.1. The van der Waals surface area contributed by atoms with Gasteiger partial charge in [-0.25, -0.2) is 4.79 Å². The third-order valence-electron chi connectivity index (χ3n) is 5.43. The fourth-order valence-corrected chi connectivity index (χ4v) is 4.70. The Morgan fingerprint density at radius 1 is 0.968 bits per heavy atom. The predicted molar refractivity (Wildman–Crippen MR) is 130 cm³/mol. The minimum absolute atomic E-state index is 0.166. The van der Waals surface area contributed by atoms with Gasteiger partial charge in [0, 0.05) is 11.3 Å². The zero-order chi connectivity index (χ0) is 23.3. The maximum absolute atomic E-state index is 13.5. The largest absolute Gasteiger partial charge is 0.444 e. The van der Waals surface area contributed by atoms with E-state index in [1.807, 2.05) is 31.2 Å². The van der Waals surface area contributed by atoms with Crippen LogP contribution in [0.4, 0.5) is 0 Å². The van der Waals surface area contributed by atoms with E-state index in [0.29, 0.717) is 22.8 Å². The van der Waals surface area contributed by atoms with E-state index in [4.69, 9.17) is 4.74 Å². The molecule has 0 aliphatic heterocycles. The van der Waals surface area contributed by atoms with Crippen LogP contribution in [0.15, 0.2) is 53.9 Å². The van der Waals surface area contributed by atoms with Gasteiger partial charge in [0.1, 0.15) is 0 Å². The van der Waals surface area contributed by atoms with Crippen molar-refractivity contribution in [2.45, 2.75) is 83.0 Å². The van der Waals surface area contributed by atoms with Crippen molar-refractivity contribution >= 4 is 16.8 Å². The number of hydrogen-bond donors (Lipinski definition) is 0. The number of benzene rings is 2. The molecule has 2 aromatic carbocycles. The van der Waals surface area contributed by atoms with E-state index in [1.165, 1.54) is 5.56 Å². The van der Waals surface area contributed by atoms with Gasteiger partial charge in [-0.15, -0.1) is 6.58 Å². The number of aryl methyl sites for hydroxylation is 1. The molecule has 0 saturated heterocycles. The van der Waals surface area contributed by atoms with Crippen LogP contribution in [0.2, 0.25) is 0 Å². The van der Waals surface area contributed by atoms with Crippen molar-refractivity contribution in [1.82, 2.24) is 0 Å². The lowest BCUT2D eigenvalue weighted by Crippen LogP contribution is -2.25. The van der Waals surface area contributed by atoms with Crippen molar-refractivity contribution in [3.05, 3.63) is 76.9 Å². The van der Waals surface area contributed by atoms with Crippen molar-refractivity contribution in [1.29, 1.82) is 0 Å². The van der Waals surface area contributed by atoms with Crippen molar-refractivity contribution in [2.24, 2.45) is 0 Å². The molecule has 0 saturated carbocycles. The standard InChI is InChI=1S/C27H36O3S/c1-9-10-25(31(29)22-13-11-20(8)12-14-22)30-27(28)26-23(18(4)5)15-21(17(2)3)16-24(26)19(6)7/h9,11-19,25H,1,10H2,2-8H3/t25-,31-/m1/s1. The van der Waals surface area contributed by atoms with E-state index in [2.05, 4.69) is 60.3 Å². The van der Waals surface area contributed by atoms with Gasteiger partial charge in [0.15, 0.2) is 5.44 Å². The number of carbonyl (C=O) groups is 1. The molecule has 168 valence electrons. The van der Waals surface area contributed by atoms with Crippen molar-refractivity contribution in [3.8, 4) is 0 Å². The molecule has 2 rings (SSSR count). The van der Waals surface area contributed by atoms with Crippen LogP contribution < -0.4 is 0 Å². The highest BCUT2D eigenvalue weighted by atomic mass is 32.2. The molecule has 2 atom stereocenters. The molecule has 4 heteroatoms. The maximum atomic E-state index is 13.5. The maximum Gasteiger partial charge on any atom is 0.339 e. The smallest absolute Gasteiger partial charge is 0.339 e. The van der Waals surface area contributed by atoms with E-state index >= 15 is 0 Å². The van der Waals surface area contributed by atoms with Crippen LogP contribution in [0.1, 0.15) is 98.3 Å². The quantitative estimate of drug-likeness (QED) is 0.305. The van der Waals surface area contributed by atoms with E-state index in [9.17, 15) is 9.00 Å². The van der Waals surface area contributed by atoms with Crippen molar-refractivity contribution in [2.75, 3.05) is 0 Å². The fraction of sp³-hybridized carbons (Fsp3) is 0.444. The molecule has 0 heterocycles. The van der Waals surface area contributed by atoms with Gasteiger partial charge in [0.2, 0.25) is 0 Å². The first-order chi connectivity index (χ1) is 14.6. The highest BCUT2D eigenvalue weighted by molar-refractivity contribution is 7.85. The topological polar surface area (TPSA) is 43.4 Å². The summed E-state index contributed by atoms with van der Waals surface area (Å²) in [5.41, 5.74) is 4.11. The molecular formula is C27H36O3S. The lowest BCUT2D eigenvalue weighted by atomic mass is 9.84. The second-order valence-corrected chi connectivity index (χ2v) is 10.6. The lowest BCUT2D eigenvalue weighted by Gasteiger charge is -2.23. The van der Waals surface area contributed by atoms with E-state index in [1.54, 1.807) is 6.08 Å². The molecule has 31 heavy (non-hydrogen) atoms. The van der Waals surface area contributed by atoms with Gasteiger partial charge in [-0.2, -0.15) is 0 Å². The number of carbonyl (C=O) groups excluding carboxylic acids is 1. The molecule has 0 N–H and O–H groups in total. The molecular weight excluding hydrogens is 404 g/mol. The van der Waals surface area contributed by atoms with Gasteiger partial charge in [-0.05, 0) is 53.5 Å². The average Bonchev–Trinajstić information content (AvgIpc) is 2.72. The van der Waals surface area contributed by atoms with Crippen LogP contribution in [-0.2, 0) is 15.5 Å². The lowest BCUT2D eigenvalue weighted by molar-refractivity contribution is 0.0452. The van der Waals surface area contributed by atoms with Crippen LogP contribution in [0.25, 0.3) is 0 Å². The number of hydrogen-bond acceptors (Lipinski definition) is 3. The van der Waals surface area contributed by atoms with Crippen molar-refractivity contribution < 1.29 is 13.7 Å². The first-order valence-electron chi connectivity index (χ1n) is 11.0. The third-order valence-corrected chi connectivity index (χ3v) is 6.93. The molecule has 0 fully saturated rings.